The van der Waals surface area contributed by atoms with E-state index in [0.29, 0.717) is 22.4 Å². The van der Waals surface area contributed by atoms with Gasteiger partial charge in [-0.3, -0.25) is 4.79 Å². The summed E-state index contributed by atoms with van der Waals surface area (Å²) in [6, 6.07) is 5.06. The van der Waals surface area contributed by atoms with Crippen molar-refractivity contribution in [2.45, 2.75) is 32.8 Å². The minimum absolute atomic E-state index is 0.0123. The van der Waals surface area contributed by atoms with Gasteiger partial charge in [0.25, 0.3) is 0 Å². The molecule has 2 N–H and O–H groups in total. The molecule has 1 aliphatic carbocycles. The Kier molecular flexibility index (Phi) is 4.65. The van der Waals surface area contributed by atoms with E-state index in [1.54, 1.807) is 31.2 Å². The molecule has 122 valence electrons. The highest BCUT2D eigenvalue weighted by Gasteiger charge is 2.50. The molecule has 0 saturated heterocycles. The summed E-state index contributed by atoms with van der Waals surface area (Å²) >= 11 is 0. The molecule has 4 nitrogen and oxygen atoms in total. The molecule has 0 spiro atoms. The molecule has 0 amide bonds. The van der Waals surface area contributed by atoms with Gasteiger partial charge in [-0.15, -0.1) is 0 Å². The number of ketones is 1. The highest BCUT2D eigenvalue weighted by Crippen LogP contribution is 2.48. The lowest BCUT2D eigenvalue weighted by atomic mass is 9.62. The van der Waals surface area contributed by atoms with Crippen molar-refractivity contribution >= 4 is 5.78 Å². The van der Waals surface area contributed by atoms with Crippen LogP contribution >= 0.6 is 0 Å². The van der Waals surface area contributed by atoms with Crippen LogP contribution in [-0.4, -0.2) is 29.7 Å². The first-order chi connectivity index (χ1) is 10.7. The van der Waals surface area contributed by atoms with Gasteiger partial charge in [0.1, 0.15) is 5.75 Å². The minimum atomic E-state index is -1.48. The fraction of sp³-hybridized carbons (Fsp3) is 0.421. The number of rotatable bonds is 2. The molecule has 0 aromatic heterocycles. The molecule has 2 rings (SSSR count). The number of aliphatic hydroxyl groups is 2. The summed E-state index contributed by atoms with van der Waals surface area (Å²) < 4.78 is 5.23. The Hall–Kier alpha value is -2.09. The predicted molar refractivity (Wildman–Crippen MR) is 88.2 cm³/mol. The quantitative estimate of drug-likeness (QED) is 0.823. The smallest absolute Gasteiger partial charge is 0.163 e. The maximum absolute atomic E-state index is 12.4. The van der Waals surface area contributed by atoms with Crippen molar-refractivity contribution in [3.8, 4) is 17.6 Å². The molecule has 1 atom stereocenters. The van der Waals surface area contributed by atoms with E-state index in [0.717, 1.165) is 0 Å². The molecule has 1 aromatic rings. The number of aliphatic hydroxyl groups excluding tert-OH is 1. The molecular formula is C19H22O4. The maximum atomic E-state index is 12.4. The molecule has 0 saturated carbocycles. The molecule has 0 heterocycles. The van der Waals surface area contributed by atoms with Crippen LogP contribution in [0.3, 0.4) is 0 Å². The Morgan fingerprint density at radius 1 is 1.43 bits per heavy atom. The summed E-state index contributed by atoms with van der Waals surface area (Å²) in [5, 5.41) is 20.3. The second-order valence-electron chi connectivity index (χ2n) is 6.43. The third kappa shape index (κ3) is 3.03. The van der Waals surface area contributed by atoms with E-state index >= 15 is 0 Å². The molecule has 1 unspecified atom stereocenters. The van der Waals surface area contributed by atoms with Crippen molar-refractivity contribution < 1.29 is 19.7 Å². The van der Waals surface area contributed by atoms with E-state index in [9.17, 15) is 9.90 Å². The first-order valence-electron chi connectivity index (χ1n) is 7.50. The fourth-order valence-electron chi connectivity index (χ4n) is 2.80. The van der Waals surface area contributed by atoms with Gasteiger partial charge in [-0.2, -0.15) is 0 Å². The van der Waals surface area contributed by atoms with Crippen LogP contribution in [0.15, 0.2) is 29.8 Å². The first-order valence-corrected chi connectivity index (χ1v) is 7.50. The summed E-state index contributed by atoms with van der Waals surface area (Å²) in [4.78, 5) is 12.4. The summed E-state index contributed by atoms with van der Waals surface area (Å²) in [7, 11) is 1.54. The van der Waals surface area contributed by atoms with E-state index < -0.39 is 11.0 Å². The average molecular weight is 314 g/mol. The Morgan fingerprint density at radius 2 is 2.13 bits per heavy atom. The van der Waals surface area contributed by atoms with Gasteiger partial charge in [0.05, 0.1) is 13.7 Å². The molecular weight excluding hydrogens is 292 g/mol. The SMILES string of the molecule is COc1ccc2c(c1)C(O)(C#C/C(C)=C\CO)C(C)(C)CC2=O. The summed E-state index contributed by atoms with van der Waals surface area (Å²) in [5.74, 6) is 6.37. The van der Waals surface area contributed by atoms with Gasteiger partial charge in [0, 0.05) is 23.0 Å². The first kappa shape index (κ1) is 17.3. The third-order valence-electron chi connectivity index (χ3n) is 4.34. The molecule has 0 bridgehead atoms. The summed E-state index contributed by atoms with van der Waals surface area (Å²) in [5.41, 5.74) is -0.600. The van der Waals surface area contributed by atoms with E-state index in [-0.39, 0.29) is 18.8 Å². The fourth-order valence-corrected chi connectivity index (χ4v) is 2.80. The lowest BCUT2D eigenvalue weighted by Gasteiger charge is -2.43. The van der Waals surface area contributed by atoms with Gasteiger partial charge in [0.2, 0.25) is 0 Å². The van der Waals surface area contributed by atoms with Crippen molar-refractivity contribution in [1.82, 2.24) is 0 Å². The monoisotopic (exact) mass is 314 g/mol. The van der Waals surface area contributed by atoms with Crippen molar-refractivity contribution in [2.24, 2.45) is 5.41 Å². The summed E-state index contributed by atoms with van der Waals surface area (Å²) in [6.07, 6.45) is 1.78. The number of allylic oxidation sites excluding steroid dienone is 1. The van der Waals surface area contributed by atoms with E-state index in [1.165, 1.54) is 7.11 Å². The minimum Gasteiger partial charge on any atom is -0.497 e. The van der Waals surface area contributed by atoms with Gasteiger partial charge >= 0.3 is 0 Å². The van der Waals surface area contributed by atoms with Crippen molar-refractivity contribution in [3.63, 3.8) is 0 Å². The Morgan fingerprint density at radius 3 is 2.74 bits per heavy atom. The molecule has 0 aliphatic heterocycles. The zero-order chi connectivity index (χ0) is 17.3. The Balaban J connectivity index is 2.67. The number of methoxy groups -OCH3 is 1. The van der Waals surface area contributed by atoms with Gasteiger partial charge in [-0.25, -0.2) is 0 Å². The number of hydrogen-bond acceptors (Lipinski definition) is 4. The Labute approximate surface area is 136 Å². The standard InChI is InChI=1S/C19H22O4/c1-13(8-10-20)7-9-19(22)16-11-14(23-4)5-6-15(16)17(21)12-18(19,2)3/h5-6,8,11,20,22H,10,12H2,1-4H3/b13-8-. The van der Waals surface area contributed by atoms with E-state index in [1.807, 2.05) is 13.8 Å². The average Bonchev–Trinajstić information content (AvgIpc) is 2.50. The van der Waals surface area contributed by atoms with Crippen LogP contribution in [0.5, 0.6) is 5.75 Å². The van der Waals surface area contributed by atoms with Crippen LogP contribution in [0.1, 0.15) is 43.1 Å². The number of Topliss-reactive ketones (excluding diaryl/α,β-unsaturated/α-hetero) is 1. The predicted octanol–water partition coefficient (Wildman–Crippen LogP) is 2.44. The van der Waals surface area contributed by atoms with Gasteiger partial charge in [-0.1, -0.05) is 25.7 Å². The zero-order valence-electron chi connectivity index (χ0n) is 13.9. The highest BCUT2D eigenvalue weighted by atomic mass is 16.5. The number of carbonyl (C=O) groups is 1. The van der Waals surface area contributed by atoms with Crippen LogP contribution in [0.25, 0.3) is 0 Å². The van der Waals surface area contributed by atoms with Gasteiger partial charge < -0.3 is 14.9 Å². The Bertz CT molecular complexity index is 719. The van der Waals surface area contributed by atoms with E-state index in [2.05, 4.69) is 11.8 Å². The maximum Gasteiger partial charge on any atom is 0.163 e. The second kappa shape index (κ2) is 6.19. The lowest BCUT2D eigenvalue weighted by molar-refractivity contribution is -0.0283. The van der Waals surface area contributed by atoms with Crippen LogP contribution in [0, 0.1) is 17.3 Å². The van der Waals surface area contributed by atoms with Gasteiger partial charge in [-0.05, 0) is 36.8 Å². The van der Waals surface area contributed by atoms with Crippen LogP contribution < -0.4 is 4.74 Å². The highest BCUT2D eigenvalue weighted by molar-refractivity contribution is 6.00. The molecule has 23 heavy (non-hydrogen) atoms. The zero-order valence-corrected chi connectivity index (χ0v) is 13.9. The molecule has 0 radical (unpaired) electrons. The third-order valence-corrected chi connectivity index (χ3v) is 4.34. The molecule has 0 fully saturated rings. The van der Waals surface area contributed by atoms with Crippen LogP contribution in [0.2, 0.25) is 0 Å². The number of carbonyl (C=O) groups excluding carboxylic acids is 1. The van der Waals surface area contributed by atoms with Crippen molar-refractivity contribution in [3.05, 3.63) is 41.0 Å². The van der Waals surface area contributed by atoms with E-state index in [4.69, 9.17) is 9.84 Å². The molecule has 1 aliphatic rings. The number of ether oxygens (including phenoxy) is 1. The molecule has 1 aromatic carbocycles. The van der Waals surface area contributed by atoms with Crippen molar-refractivity contribution in [1.29, 1.82) is 0 Å². The topological polar surface area (TPSA) is 66.8 Å². The lowest BCUT2D eigenvalue weighted by Crippen LogP contribution is -2.46. The van der Waals surface area contributed by atoms with Gasteiger partial charge in [0.15, 0.2) is 11.4 Å². The normalized spacial score (nSPS) is 22.9. The second-order valence-corrected chi connectivity index (χ2v) is 6.43. The number of benzene rings is 1. The van der Waals surface area contributed by atoms with Crippen LogP contribution in [0.4, 0.5) is 0 Å². The largest absolute Gasteiger partial charge is 0.497 e. The molecule has 4 heteroatoms. The number of fused-ring (bicyclic) bond motifs is 1. The van der Waals surface area contributed by atoms with Crippen molar-refractivity contribution in [2.75, 3.05) is 13.7 Å². The van der Waals surface area contributed by atoms with Crippen LogP contribution in [-0.2, 0) is 5.60 Å². The number of hydrogen-bond donors (Lipinski definition) is 2. The summed E-state index contributed by atoms with van der Waals surface area (Å²) in [6.45, 7) is 5.31.